The number of rotatable bonds is 2. The van der Waals surface area contributed by atoms with Crippen molar-refractivity contribution in [1.82, 2.24) is 0 Å². The minimum atomic E-state index is 0.138. The van der Waals surface area contributed by atoms with Crippen LogP contribution in [0.25, 0.3) is 0 Å². The molecule has 2 heterocycles. The van der Waals surface area contributed by atoms with Crippen LogP contribution in [0.4, 0.5) is 0 Å². The number of hydrogen-bond acceptors (Lipinski definition) is 2. The van der Waals surface area contributed by atoms with Crippen LogP contribution >= 0.6 is 0 Å². The second kappa shape index (κ2) is 2.21. The Morgan fingerprint density at radius 2 is 2.20 bits per heavy atom. The molecular formula is C8H14O2. The molecule has 0 atom stereocenters. The van der Waals surface area contributed by atoms with E-state index >= 15 is 0 Å². The Hall–Kier alpha value is -0.0800. The van der Waals surface area contributed by atoms with Gasteiger partial charge in [-0.15, -0.1) is 0 Å². The summed E-state index contributed by atoms with van der Waals surface area (Å²) < 4.78 is 10.9. The van der Waals surface area contributed by atoms with Gasteiger partial charge in [-0.25, -0.2) is 0 Å². The first kappa shape index (κ1) is 6.62. The van der Waals surface area contributed by atoms with E-state index in [0.29, 0.717) is 6.10 Å². The highest BCUT2D eigenvalue weighted by Gasteiger charge is 2.45. The summed E-state index contributed by atoms with van der Waals surface area (Å²) in [5.74, 6) is 0. The van der Waals surface area contributed by atoms with Crippen LogP contribution in [0, 0.1) is 0 Å². The lowest BCUT2D eigenvalue weighted by Crippen LogP contribution is -2.30. The molecule has 2 heteroatoms. The summed E-state index contributed by atoms with van der Waals surface area (Å²) in [7, 11) is 1.75. The van der Waals surface area contributed by atoms with E-state index in [-0.39, 0.29) is 5.60 Å². The van der Waals surface area contributed by atoms with E-state index in [4.69, 9.17) is 9.47 Å². The highest BCUT2D eigenvalue weighted by Crippen LogP contribution is 2.43. The Labute approximate surface area is 61.5 Å². The first-order valence-corrected chi connectivity index (χ1v) is 4.01. The minimum Gasteiger partial charge on any atom is -0.382 e. The van der Waals surface area contributed by atoms with E-state index in [1.165, 1.54) is 25.7 Å². The largest absolute Gasteiger partial charge is 0.382 e. The van der Waals surface area contributed by atoms with E-state index in [9.17, 15) is 0 Å². The van der Waals surface area contributed by atoms with Crippen LogP contribution in [0.3, 0.4) is 0 Å². The molecule has 2 aliphatic rings. The predicted octanol–water partition coefficient (Wildman–Crippen LogP) is 1.34. The maximum atomic E-state index is 5.78. The van der Waals surface area contributed by atoms with Gasteiger partial charge in [0.1, 0.15) is 0 Å². The van der Waals surface area contributed by atoms with Gasteiger partial charge in [0.2, 0.25) is 0 Å². The van der Waals surface area contributed by atoms with Gasteiger partial charge in [0, 0.05) is 7.11 Å². The average Bonchev–Trinajstić information content (AvgIpc) is 2.46. The maximum absolute atomic E-state index is 5.78. The van der Waals surface area contributed by atoms with Crippen molar-refractivity contribution in [2.75, 3.05) is 13.7 Å². The number of fused-ring (bicyclic) bond motifs is 2. The molecule has 0 N–H and O–H groups in total. The summed E-state index contributed by atoms with van der Waals surface area (Å²) in [6.07, 6.45) is 5.50. The summed E-state index contributed by atoms with van der Waals surface area (Å²) in [5.41, 5.74) is 0.138. The quantitative estimate of drug-likeness (QED) is 0.579. The SMILES string of the molecule is COCC12CCC(CC1)O2. The third kappa shape index (κ3) is 0.867. The fourth-order valence-electron chi connectivity index (χ4n) is 2.15. The number of ether oxygens (including phenoxy) is 2. The van der Waals surface area contributed by atoms with Crippen LogP contribution in [0.1, 0.15) is 25.7 Å². The average molecular weight is 142 g/mol. The third-order valence-electron chi connectivity index (χ3n) is 2.67. The molecule has 0 amide bonds. The van der Waals surface area contributed by atoms with Crippen LogP contribution in [-0.2, 0) is 9.47 Å². The van der Waals surface area contributed by atoms with Crippen LogP contribution < -0.4 is 0 Å². The molecule has 0 unspecified atom stereocenters. The highest BCUT2D eigenvalue weighted by atomic mass is 16.6. The Kier molecular flexibility index (Phi) is 1.46. The van der Waals surface area contributed by atoms with Crippen LogP contribution in [-0.4, -0.2) is 25.4 Å². The van der Waals surface area contributed by atoms with Gasteiger partial charge >= 0.3 is 0 Å². The second-order valence-electron chi connectivity index (χ2n) is 3.43. The van der Waals surface area contributed by atoms with Crippen LogP contribution in [0.2, 0.25) is 0 Å². The second-order valence-corrected chi connectivity index (χ2v) is 3.43. The van der Waals surface area contributed by atoms with Crippen molar-refractivity contribution >= 4 is 0 Å². The van der Waals surface area contributed by atoms with Crippen molar-refractivity contribution in [1.29, 1.82) is 0 Å². The molecule has 2 fully saturated rings. The zero-order valence-electron chi connectivity index (χ0n) is 6.43. The van der Waals surface area contributed by atoms with E-state index < -0.39 is 0 Å². The van der Waals surface area contributed by atoms with Crippen molar-refractivity contribution < 1.29 is 9.47 Å². The van der Waals surface area contributed by atoms with E-state index in [2.05, 4.69) is 0 Å². The van der Waals surface area contributed by atoms with Gasteiger partial charge in [-0.2, -0.15) is 0 Å². The molecule has 0 spiro atoms. The van der Waals surface area contributed by atoms with Gasteiger partial charge in [0.25, 0.3) is 0 Å². The molecule has 0 aromatic heterocycles. The Morgan fingerprint density at radius 1 is 1.50 bits per heavy atom. The molecule has 0 aromatic rings. The smallest absolute Gasteiger partial charge is 0.0920 e. The molecule has 2 bridgehead atoms. The van der Waals surface area contributed by atoms with Crippen molar-refractivity contribution in [2.24, 2.45) is 0 Å². The summed E-state index contributed by atoms with van der Waals surface area (Å²) in [6, 6.07) is 0. The minimum absolute atomic E-state index is 0.138. The lowest BCUT2D eigenvalue weighted by atomic mass is 9.89. The first-order chi connectivity index (χ1) is 4.85. The molecule has 2 saturated heterocycles. The standard InChI is InChI=1S/C8H14O2/c1-9-6-8-4-2-7(10-8)3-5-8/h7H,2-6H2,1H3. The van der Waals surface area contributed by atoms with Crippen molar-refractivity contribution in [3.05, 3.63) is 0 Å². The topological polar surface area (TPSA) is 18.5 Å². The Morgan fingerprint density at radius 3 is 2.60 bits per heavy atom. The van der Waals surface area contributed by atoms with Gasteiger partial charge in [0.15, 0.2) is 0 Å². The maximum Gasteiger partial charge on any atom is 0.0920 e. The molecule has 2 rings (SSSR count). The third-order valence-corrected chi connectivity index (χ3v) is 2.67. The fraction of sp³-hybridized carbons (Fsp3) is 1.00. The summed E-state index contributed by atoms with van der Waals surface area (Å²) >= 11 is 0. The molecule has 0 radical (unpaired) electrons. The predicted molar refractivity (Wildman–Crippen MR) is 37.9 cm³/mol. The molecule has 2 aliphatic heterocycles. The number of methoxy groups -OCH3 is 1. The molecule has 58 valence electrons. The van der Waals surface area contributed by atoms with Gasteiger partial charge in [-0.1, -0.05) is 0 Å². The molecule has 0 aliphatic carbocycles. The van der Waals surface area contributed by atoms with Crippen molar-refractivity contribution in [2.45, 2.75) is 37.4 Å². The van der Waals surface area contributed by atoms with Crippen LogP contribution in [0.5, 0.6) is 0 Å². The van der Waals surface area contributed by atoms with E-state index in [0.717, 1.165) is 6.61 Å². The first-order valence-electron chi connectivity index (χ1n) is 4.01. The van der Waals surface area contributed by atoms with Gasteiger partial charge < -0.3 is 9.47 Å². The van der Waals surface area contributed by atoms with Gasteiger partial charge in [-0.3, -0.25) is 0 Å². The molecule has 10 heavy (non-hydrogen) atoms. The Bertz CT molecular complexity index is 125. The fourth-order valence-corrected chi connectivity index (χ4v) is 2.15. The van der Waals surface area contributed by atoms with E-state index in [1.807, 2.05) is 0 Å². The monoisotopic (exact) mass is 142 g/mol. The summed E-state index contributed by atoms with van der Waals surface area (Å²) in [5, 5.41) is 0. The van der Waals surface area contributed by atoms with Gasteiger partial charge in [-0.05, 0) is 25.7 Å². The lowest BCUT2D eigenvalue weighted by Gasteiger charge is -2.22. The van der Waals surface area contributed by atoms with Crippen molar-refractivity contribution in [3.63, 3.8) is 0 Å². The van der Waals surface area contributed by atoms with Gasteiger partial charge in [0.05, 0.1) is 18.3 Å². The van der Waals surface area contributed by atoms with Crippen LogP contribution in [0.15, 0.2) is 0 Å². The Balaban J connectivity index is 2.01. The lowest BCUT2D eigenvalue weighted by molar-refractivity contribution is -0.0405. The summed E-state index contributed by atoms with van der Waals surface area (Å²) in [6.45, 7) is 0.795. The molecular weight excluding hydrogens is 128 g/mol. The zero-order valence-corrected chi connectivity index (χ0v) is 6.43. The van der Waals surface area contributed by atoms with E-state index in [1.54, 1.807) is 7.11 Å². The van der Waals surface area contributed by atoms with Crippen molar-refractivity contribution in [3.8, 4) is 0 Å². The molecule has 0 aromatic carbocycles. The molecule has 0 saturated carbocycles. The number of hydrogen-bond donors (Lipinski definition) is 0. The highest BCUT2D eigenvalue weighted by molar-refractivity contribution is 4.95. The molecule has 2 nitrogen and oxygen atoms in total. The summed E-state index contributed by atoms with van der Waals surface area (Å²) in [4.78, 5) is 0. The normalized spacial score (nSPS) is 44.7. The zero-order chi connectivity index (χ0) is 7.03.